The van der Waals surface area contributed by atoms with Crippen molar-refractivity contribution in [2.75, 3.05) is 11.5 Å². The number of carbonyl (C=O) groups is 3. The maximum atomic E-state index is 10.9. The molecule has 322 valence electrons. The van der Waals surface area contributed by atoms with E-state index in [-0.39, 0.29) is 134 Å². The SMILES string of the molecule is C.C.C=CCCCCCCCCC(=O)O.O=C(O)CCCCCCCCC(CS(=O)(=O)[O-])S(=O)(=O)[O-].O=C(O)CCCCCCCCCC[S-](=O)=O.[Na+].[Na+].[Na+].[OH-]. The van der Waals surface area contributed by atoms with E-state index >= 15 is 0 Å². The van der Waals surface area contributed by atoms with Gasteiger partial charge in [-0.3, -0.25) is 14.4 Å². The predicted octanol–water partition coefficient (Wildman–Crippen LogP) is -0.973. The van der Waals surface area contributed by atoms with Crippen LogP contribution in [0.25, 0.3) is 0 Å². The molecule has 0 heterocycles. The van der Waals surface area contributed by atoms with Gasteiger partial charge in [-0.05, 0) is 38.5 Å². The molecule has 4 N–H and O–H groups in total. The summed E-state index contributed by atoms with van der Waals surface area (Å²) in [7, 11) is -11.4. The summed E-state index contributed by atoms with van der Waals surface area (Å²) < 4.78 is 84.6. The first-order valence-electron chi connectivity index (χ1n) is 17.6. The van der Waals surface area contributed by atoms with Gasteiger partial charge < -0.3 is 38.3 Å². The van der Waals surface area contributed by atoms with Crippen molar-refractivity contribution in [1.29, 1.82) is 0 Å². The van der Waals surface area contributed by atoms with Crippen LogP contribution in [0.4, 0.5) is 0 Å². The van der Waals surface area contributed by atoms with Crippen LogP contribution in [0.15, 0.2) is 12.7 Å². The third kappa shape index (κ3) is 75.7. The maximum Gasteiger partial charge on any atom is 1.00 e. The Labute approximate surface area is 407 Å². The topological polar surface area (TPSA) is 290 Å². The number of unbranched alkanes of at least 4 members (excludes halogenated alkanes) is 18. The van der Waals surface area contributed by atoms with E-state index in [1.54, 1.807) is 0 Å². The summed E-state index contributed by atoms with van der Waals surface area (Å²) in [4.78, 5) is 30.6. The van der Waals surface area contributed by atoms with E-state index in [2.05, 4.69) is 6.58 Å². The summed E-state index contributed by atoms with van der Waals surface area (Å²) in [6.45, 7) is 3.66. The Kier molecular flexibility index (Phi) is 74.6. The first kappa shape index (κ1) is 77.5. The molecule has 0 aliphatic heterocycles. The third-order valence-corrected chi connectivity index (χ3v) is 10.3. The minimum atomic E-state index is -4.80. The van der Waals surface area contributed by atoms with Crippen molar-refractivity contribution >= 4 is 48.8 Å². The number of rotatable bonds is 32. The molecule has 0 aliphatic carbocycles. The van der Waals surface area contributed by atoms with Crippen molar-refractivity contribution in [3.05, 3.63) is 12.7 Å². The van der Waals surface area contributed by atoms with E-state index in [4.69, 9.17) is 15.3 Å². The largest absolute Gasteiger partial charge is 1.00 e. The van der Waals surface area contributed by atoms with E-state index in [1.807, 2.05) is 6.08 Å². The molecule has 1 atom stereocenters. The van der Waals surface area contributed by atoms with E-state index in [9.17, 15) is 48.7 Å². The van der Waals surface area contributed by atoms with Crippen LogP contribution >= 0.6 is 0 Å². The van der Waals surface area contributed by atoms with Gasteiger partial charge in [-0.25, -0.2) is 16.8 Å². The van der Waals surface area contributed by atoms with E-state index in [0.717, 1.165) is 89.9 Å². The van der Waals surface area contributed by atoms with E-state index in [0.29, 0.717) is 25.7 Å². The number of hydrogen-bond donors (Lipinski definition) is 3. The van der Waals surface area contributed by atoms with Gasteiger partial charge in [0.15, 0.2) is 0 Å². The summed E-state index contributed by atoms with van der Waals surface area (Å²) in [6, 6.07) is 0. The molecule has 0 saturated carbocycles. The van der Waals surface area contributed by atoms with Crippen molar-refractivity contribution in [3.63, 3.8) is 0 Å². The molecule has 0 radical (unpaired) electrons. The van der Waals surface area contributed by atoms with Crippen molar-refractivity contribution in [3.8, 4) is 0 Å². The standard InChI is InChI=1S/C11H22O8S2.C11H21O4S.C11H20O2.2CH4.3Na.H2O/c12-11(13)8-6-4-2-1-3-5-7-10(21(17,18)19)9-20(14,15)16;12-11(13)9-7-5-3-1-2-4-6-8-10-16(14)15;1-2-3-4-5-6-7-8-9-10-11(12)13;;;;;;/h10H,1-9H2,(H,12,13)(H,14,15,16)(H,17,18,19);1-10H2,(H,12,13);2H,1,3-10H2,(H,12,13);2*1H4;;;;1H2/q;-1;;;;3*+1;/p-3. The van der Waals surface area contributed by atoms with Crippen molar-refractivity contribution < 1.29 is 158 Å². The van der Waals surface area contributed by atoms with Crippen LogP contribution in [-0.4, -0.2) is 81.4 Å². The van der Waals surface area contributed by atoms with Crippen LogP contribution in [0, 0.1) is 0 Å². The molecule has 0 aromatic carbocycles. The molecule has 0 bridgehead atoms. The summed E-state index contributed by atoms with van der Waals surface area (Å²) in [5.41, 5.74) is 0. The smallest absolute Gasteiger partial charge is 0.870 e. The molecule has 0 aromatic rings. The summed E-state index contributed by atoms with van der Waals surface area (Å²) >= 11 is 0. The average Bonchev–Trinajstić information content (AvgIpc) is 2.99. The molecule has 0 fully saturated rings. The Bertz CT molecular complexity index is 1180. The normalized spacial score (nSPS) is 10.6. The third-order valence-electron chi connectivity index (χ3n) is 7.47. The molecule has 21 heteroatoms. The monoisotopic (exact) mass is 895 g/mol. The van der Waals surface area contributed by atoms with Gasteiger partial charge in [0, 0.05) is 19.3 Å². The Hall–Kier alpha value is 0.880. The minimum Gasteiger partial charge on any atom is -0.870 e. The van der Waals surface area contributed by atoms with Gasteiger partial charge in [-0.1, -0.05) is 140 Å². The van der Waals surface area contributed by atoms with Crippen LogP contribution < -0.4 is 88.7 Å². The van der Waals surface area contributed by atoms with Gasteiger partial charge in [0.2, 0.25) is 0 Å². The molecule has 0 spiro atoms. The predicted molar refractivity (Wildman–Crippen MR) is 206 cm³/mol. The minimum absolute atomic E-state index is 0. The number of aliphatic carboxylic acids is 3. The van der Waals surface area contributed by atoms with Gasteiger partial charge in [0.05, 0.1) is 31.2 Å². The summed E-state index contributed by atoms with van der Waals surface area (Å²) in [6.07, 6.45) is 22.0. The summed E-state index contributed by atoms with van der Waals surface area (Å²) in [5, 5.41) is 23.5. The zero-order valence-corrected chi connectivity index (χ0v) is 41.4. The first-order chi connectivity index (χ1) is 23.4. The second kappa shape index (κ2) is 53.9. The van der Waals surface area contributed by atoms with Crippen LogP contribution in [0.5, 0.6) is 0 Å². The fourth-order valence-electron chi connectivity index (χ4n) is 4.72. The molecule has 56 heavy (non-hydrogen) atoms. The molecule has 0 saturated heterocycles. The molecule has 0 aliphatic rings. The van der Waals surface area contributed by atoms with E-state index < -0.39 is 59.9 Å². The number of carboxylic acids is 3. The second-order valence-corrected chi connectivity index (χ2v) is 16.3. The fraction of sp³-hybridized carbons (Fsp3) is 0.857. The van der Waals surface area contributed by atoms with Crippen LogP contribution in [0.1, 0.15) is 175 Å². The molecular weight excluding hydrogens is 826 g/mol. The van der Waals surface area contributed by atoms with Crippen molar-refractivity contribution in [1.82, 2.24) is 0 Å². The zero-order chi connectivity index (χ0) is 38.7. The fourth-order valence-corrected chi connectivity index (χ4v) is 7.41. The quantitative estimate of drug-likeness (QED) is 0.0241. The Morgan fingerprint density at radius 3 is 1.11 bits per heavy atom. The van der Waals surface area contributed by atoms with Crippen LogP contribution in [0.3, 0.4) is 0 Å². The average molecular weight is 896 g/mol. The van der Waals surface area contributed by atoms with Gasteiger partial charge in [-0.2, -0.15) is 0 Å². The number of carboxylic acid groups (broad SMARTS) is 3. The second-order valence-electron chi connectivity index (χ2n) is 12.2. The first-order valence-corrected chi connectivity index (χ1v) is 21.9. The van der Waals surface area contributed by atoms with Gasteiger partial charge in [0.25, 0.3) is 0 Å². The summed E-state index contributed by atoms with van der Waals surface area (Å²) in [5.74, 6) is -3.15. The van der Waals surface area contributed by atoms with E-state index in [1.165, 1.54) is 25.7 Å². The molecule has 0 amide bonds. The van der Waals surface area contributed by atoms with Gasteiger partial charge in [-0.15, -0.1) is 6.58 Å². The molecule has 0 rings (SSSR count). The van der Waals surface area contributed by atoms with Crippen LogP contribution in [-0.2, 0) is 53.7 Å². The van der Waals surface area contributed by atoms with Gasteiger partial charge in [0.1, 0.15) is 0 Å². The van der Waals surface area contributed by atoms with Crippen molar-refractivity contribution in [2.24, 2.45) is 0 Å². The number of allylic oxidation sites excluding steroid dienone is 1. The molecule has 0 aromatic heterocycles. The van der Waals surface area contributed by atoms with Crippen LogP contribution in [0.2, 0.25) is 0 Å². The zero-order valence-electron chi connectivity index (χ0n) is 33.0. The molecule has 1 unspecified atom stereocenters. The maximum absolute atomic E-state index is 10.9. The Balaban J connectivity index is -0.0000000823. The molecule has 15 nitrogen and oxygen atoms in total. The van der Waals surface area contributed by atoms with Crippen molar-refractivity contribution in [2.45, 2.75) is 181 Å². The Morgan fingerprint density at radius 2 is 0.839 bits per heavy atom. The number of hydrogen-bond acceptors (Lipinski definition) is 13. The van der Waals surface area contributed by atoms with Gasteiger partial charge >= 0.3 is 107 Å². The Morgan fingerprint density at radius 1 is 0.554 bits per heavy atom. The molecular formula is C35H70Na3O15S3-.